The van der Waals surface area contributed by atoms with Crippen molar-refractivity contribution in [3.05, 3.63) is 58.9 Å². The van der Waals surface area contributed by atoms with Crippen LogP contribution >= 0.6 is 23.1 Å². The molecule has 8 nitrogen and oxygen atoms in total. The monoisotopic (exact) mass is 481 g/mol. The van der Waals surface area contributed by atoms with E-state index in [1.54, 1.807) is 17.8 Å². The van der Waals surface area contributed by atoms with Crippen LogP contribution in [0.2, 0.25) is 0 Å². The molecule has 0 unspecified atom stereocenters. The van der Waals surface area contributed by atoms with Crippen LogP contribution in [0.4, 0.5) is 5.00 Å². The van der Waals surface area contributed by atoms with Crippen LogP contribution < -0.4 is 5.32 Å². The lowest BCUT2D eigenvalue weighted by Crippen LogP contribution is -2.16. The third-order valence-corrected chi connectivity index (χ3v) is 7.03. The van der Waals surface area contributed by atoms with Gasteiger partial charge in [0.15, 0.2) is 5.65 Å². The predicted molar refractivity (Wildman–Crippen MR) is 130 cm³/mol. The highest BCUT2D eigenvalue weighted by atomic mass is 32.2. The highest BCUT2D eigenvalue weighted by molar-refractivity contribution is 8.00. The third kappa shape index (κ3) is 4.76. The topological polar surface area (TPSA) is 99.0 Å². The summed E-state index contributed by atoms with van der Waals surface area (Å²) in [5.74, 6) is -0.507. The fourth-order valence-electron chi connectivity index (χ4n) is 3.50. The summed E-state index contributed by atoms with van der Waals surface area (Å²) in [6.07, 6.45) is 3.86. The molecule has 1 amide bonds. The Kier molecular flexibility index (Phi) is 7.05. The summed E-state index contributed by atoms with van der Waals surface area (Å²) in [4.78, 5) is 34.9. The number of carbonyl (C=O) groups excluding carboxylic acids is 2. The molecule has 33 heavy (non-hydrogen) atoms. The molecule has 3 heterocycles. The number of carbonyl (C=O) groups is 2. The second kappa shape index (κ2) is 10.1. The van der Waals surface area contributed by atoms with E-state index in [4.69, 9.17) is 4.74 Å². The standard InChI is InChI=1S/C23H23N5O3S2/c1-4-16-14(3)33-22(19(16)23(30)31-5-2)27-18(29)12-32-21-17-11-26-28(20(17)24-13-25-21)15-9-7-6-8-10-15/h6-11,13H,4-5,12H2,1-3H3,(H,27,29). The minimum absolute atomic E-state index is 0.128. The van der Waals surface area contributed by atoms with Gasteiger partial charge in [-0.25, -0.2) is 19.4 Å². The summed E-state index contributed by atoms with van der Waals surface area (Å²) in [6.45, 7) is 5.97. The molecule has 0 bridgehead atoms. The first-order valence-corrected chi connectivity index (χ1v) is 12.3. The molecule has 4 aromatic rings. The van der Waals surface area contributed by atoms with Crippen molar-refractivity contribution in [1.82, 2.24) is 19.7 Å². The number of para-hydroxylation sites is 1. The van der Waals surface area contributed by atoms with Crippen molar-refractivity contribution in [3.8, 4) is 5.69 Å². The molecule has 0 aliphatic carbocycles. The van der Waals surface area contributed by atoms with E-state index < -0.39 is 5.97 Å². The average molecular weight is 482 g/mol. The Labute approximate surface area is 199 Å². The third-order valence-electron chi connectivity index (χ3n) is 4.97. The van der Waals surface area contributed by atoms with Crippen LogP contribution in [-0.4, -0.2) is 44.0 Å². The normalized spacial score (nSPS) is 11.0. The number of rotatable bonds is 8. The van der Waals surface area contributed by atoms with Gasteiger partial charge in [-0.05, 0) is 38.0 Å². The molecular weight excluding hydrogens is 458 g/mol. The molecule has 4 rings (SSSR count). The molecule has 10 heteroatoms. The van der Waals surface area contributed by atoms with Gasteiger partial charge in [0.1, 0.15) is 16.4 Å². The molecule has 0 aliphatic rings. The van der Waals surface area contributed by atoms with Crippen molar-refractivity contribution in [2.45, 2.75) is 32.2 Å². The van der Waals surface area contributed by atoms with Crippen LogP contribution in [-0.2, 0) is 16.0 Å². The van der Waals surface area contributed by atoms with Crippen molar-refractivity contribution in [2.24, 2.45) is 0 Å². The van der Waals surface area contributed by atoms with E-state index >= 15 is 0 Å². The van der Waals surface area contributed by atoms with Crippen molar-refractivity contribution >= 4 is 51.0 Å². The summed E-state index contributed by atoms with van der Waals surface area (Å²) < 4.78 is 6.95. The van der Waals surface area contributed by atoms with E-state index in [0.717, 1.165) is 21.5 Å². The van der Waals surface area contributed by atoms with Crippen LogP contribution in [0.3, 0.4) is 0 Å². The number of hydrogen-bond acceptors (Lipinski definition) is 8. The number of fused-ring (bicyclic) bond motifs is 1. The van der Waals surface area contributed by atoms with Gasteiger partial charge in [-0.3, -0.25) is 4.79 Å². The average Bonchev–Trinajstić information content (AvgIpc) is 3.39. The fourth-order valence-corrected chi connectivity index (χ4v) is 5.41. The number of amides is 1. The Hall–Kier alpha value is -3.24. The SMILES string of the molecule is CCOC(=O)c1c(NC(=O)CSc2ncnc3c2cnn3-c2ccccc2)sc(C)c1CC. The molecule has 1 N–H and O–H groups in total. The molecule has 0 radical (unpaired) electrons. The number of aryl methyl sites for hydroxylation is 1. The van der Waals surface area contributed by atoms with Gasteiger partial charge >= 0.3 is 5.97 Å². The van der Waals surface area contributed by atoms with Crippen molar-refractivity contribution in [3.63, 3.8) is 0 Å². The Bertz CT molecular complexity index is 1300. The maximum atomic E-state index is 12.7. The van der Waals surface area contributed by atoms with Crippen molar-refractivity contribution < 1.29 is 14.3 Å². The van der Waals surface area contributed by atoms with Crippen molar-refractivity contribution in [2.75, 3.05) is 17.7 Å². The molecular formula is C23H23N5O3S2. The Balaban J connectivity index is 1.51. The van der Waals surface area contributed by atoms with Crippen LogP contribution in [0.15, 0.2) is 47.9 Å². The predicted octanol–water partition coefficient (Wildman–Crippen LogP) is 4.66. The van der Waals surface area contributed by atoms with Gasteiger partial charge in [-0.1, -0.05) is 36.9 Å². The number of thiophene rings is 1. The lowest BCUT2D eigenvalue weighted by molar-refractivity contribution is -0.113. The van der Waals surface area contributed by atoms with Gasteiger partial charge in [0.25, 0.3) is 0 Å². The molecule has 0 spiro atoms. The first-order chi connectivity index (χ1) is 16.0. The van der Waals surface area contributed by atoms with E-state index in [9.17, 15) is 9.59 Å². The maximum Gasteiger partial charge on any atom is 0.341 e. The molecule has 0 atom stereocenters. The lowest BCUT2D eigenvalue weighted by Gasteiger charge is -2.08. The van der Waals surface area contributed by atoms with Crippen LogP contribution in [0, 0.1) is 6.92 Å². The number of esters is 1. The van der Waals surface area contributed by atoms with Gasteiger partial charge < -0.3 is 10.1 Å². The van der Waals surface area contributed by atoms with E-state index in [0.29, 0.717) is 27.7 Å². The lowest BCUT2D eigenvalue weighted by atomic mass is 10.1. The summed E-state index contributed by atoms with van der Waals surface area (Å²) in [6, 6.07) is 9.71. The number of thioether (sulfide) groups is 1. The molecule has 0 aliphatic heterocycles. The zero-order valence-electron chi connectivity index (χ0n) is 18.5. The van der Waals surface area contributed by atoms with Crippen LogP contribution in [0.1, 0.15) is 34.6 Å². The van der Waals surface area contributed by atoms with E-state index in [-0.39, 0.29) is 18.3 Å². The molecule has 3 aromatic heterocycles. The summed E-state index contributed by atoms with van der Waals surface area (Å²) >= 11 is 2.69. The Morgan fingerprint density at radius 2 is 1.97 bits per heavy atom. The molecule has 0 saturated carbocycles. The first-order valence-electron chi connectivity index (χ1n) is 10.5. The number of benzene rings is 1. The fraction of sp³-hybridized carbons (Fsp3) is 0.261. The van der Waals surface area contributed by atoms with Gasteiger partial charge in [-0.15, -0.1) is 11.3 Å². The van der Waals surface area contributed by atoms with E-state index in [1.807, 2.05) is 44.2 Å². The molecule has 170 valence electrons. The Morgan fingerprint density at radius 3 is 2.70 bits per heavy atom. The second-order valence-corrected chi connectivity index (χ2v) is 9.25. The number of hydrogen-bond donors (Lipinski definition) is 1. The van der Waals surface area contributed by atoms with Gasteiger partial charge in [0.05, 0.1) is 35.2 Å². The van der Waals surface area contributed by atoms with E-state index in [2.05, 4.69) is 20.4 Å². The number of aromatic nitrogens is 4. The summed E-state index contributed by atoms with van der Waals surface area (Å²) in [5.41, 5.74) is 2.93. The van der Waals surface area contributed by atoms with E-state index in [1.165, 1.54) is 29.4 Å². The Morgan fingerprint density at radius 1 is 1.18 bits per heavy atom. The van der Waals surface area contributed by atoms with Crippen molar-refractivity contribution in [1.29, 1.82) is 0 Å². The zero-order valence-corrected chi connectivity index (χ0v) is 20.1. The minimum Gasteiger partial charge on any atom is -0.462 e. The quantitative estimate of drug-likeness (QED) is 0.222. The number of nitrogens with one attached hydrogen (secondary N) is 1. The first kappa shape index (κ1) is 22.9. The van der Waals surface area contributed by atoms with Crippen LogP contribution in [0.5, 0.6) is 0 Å². The highest BCUT2D eigenvalue weighted by Crippen LogP contribution is 2.34. The smallest absolute Gasteiger partial charge is 0.341 e. The summed E-state index contributed by atoms with van der Waals surface area (Å²) in [5, 5.41) is 9.29. The van der Waals surface area contributed by atoms with Gasteiger partial charge in [0, 0.05) is 4.88 Å². The van der Waals surface area contributed by atoms with Gasteiger partial charge in [0.2, 0.25) is 5.91 Å². The molecule has 0 fully saturated rings. The molecule has 1 aromatic carbocycles. The number of nitrogens with zero attached hydrogens (tertiary/aromatic N) is 4. The zero-order chi connectivity index (χ0) is 23.4. The highest BCUT2D eigenvalue weighted by Gasteiger charge is 2.23. The minimum atomic E-state index is -0.410. The van der Waals surface area contributed by atoms with Crippen LogP contribution in [0.25, 0.3) is 16.7 Å². The summed E-state index contributed by atoms with van der Waals surface area (Å²) in [7, 11) is 0. The van der Waals surface area contributed by atoms with Gasteiger partial charge in [-0.2, -0.15) is 5.10 Å². The second-order valence-electron chi connectivity index (χ2n) is 7.06. The maximum absolute atomic E-state index is 12.7. The number of anilines is 1. The number of ether oxygens (including phenoxy) is 1. The molecule has 0 saturated heterocycles. The largest absolute Gasteiger partial charge is 0.462 e.